The molecule has 3 rings (SSSR count). The number of nitrogens with zero attached hydrogens (tertiary/aromatic N) is 5. The summed E-state index contributed by atoms with van der Waals surface area (Å²) in [6, 6.07) is 1.81. The lowest BCUT2D eigenvalue weighted by Gasteiger charge is -2.41. The molecular weight excluding hydrogens is 276 g/mol. The topological polar surface area (TPSA) is 68.5 Å². The van der Waals surface area contributed by atoms with Crippen LogP contribution >= 0.6 is 11.6 Å². The summed E-state index contributed by atoms with van der Waals surface area (Å²) in [6.45, 7) is 3.11. The zero-order valence-corrected chi connectivity index (χ0v) is 12.1. The summed E-state index contributed by atoms with van der Waals surface area (Å²) in [5, 5.41) is 7.57. The van der Waals surface area contributed by atoms with E-state index in [1.54, 1.807) is 17.1 Å². The number of hydrogen-bond donors (Lipinski definition) is 1. The molecule has 0 aliphatic heterocycles. The predicted octanol–water partition coefficient (Wildman–Crippen LogP) is 2.70. The number of halogens is 1. The van der Waals surface area contributed by atoms with Crippen LogP contribution in [0.5, 0.6) is 0 Å². The van der Waals surface area contributed by atoms with E-state index in [2.05, 4.69) is 32.3 Å². The Hall–Kier alpha value is -1.69. The van der Waals surface area contributed by atoms with E-state index in [1.165, 1.54) is 25.7 Å². The largest absolute Gasteiger partial charge is 0.353 e. The summed E-state index contributed by atoms with van der Waals surface area (Å²) in [5.41, 5.74) is 0.394. The molecule has 1 aliphatic rings. The zero-order chi connectivity index (χ0) is 14.0. The molecule has 0 atom stereocenters. The first-order chi connectivity index (χ1) is 9.71. The van der Waals surface area contributed by atoms with Gasteiger partial charge in [-0.3, -0.25) is 0 Å². The lowest BCUT2D eigenvalue weighted by atomic mass is 9.67. The molecule has 7 heteroatoms. The van der Waals surface area contributed by atoms with Gasteiger partial charge in [0.2, 0.25) is 11.2 Å². The normalized spacial score (nSPS) is 16.7. The maximum absolute atomic E-state index is 5.96. The highest BCUT2D eigenvalue weighted by molar-refractivity contribution is 6.28. The maximum atomic E-state index is 5.96. The van der Waals surface area contributed by atoms with Crippen LogP contribution in [0.25, 0.3) is 5.95 Å². The van der Waals surface area contributed by atoms with Crippen LogP contribution in [0.3, 0.4) is 0 Å². The van der Waals surface area contributed by atoms with Crippen molar-refractivity contribution in [2.75, 3.05) is 11.9 Å². The first kappa shape index (κ1) is 13.3. The van der Waals surface area contributed by atoms with Crippen molar-refractivity contribution in [1.29, 1.82) is 0 Å². The quantitative estimate of drug-likeness (QED) is 0.917. The first-order valence-corrected chi connectivity index (χ1v) is 7.24. The summed E-state index contributed by atoms with van der Waals surface area (Å²) >= 11 is 5.96. The number of aromatic nitrogens is 5. The summed E-state index contributed by atoms with van der Waals surface area (Å²) in [4.78, 5) is 12.6. The van der Waals surface area contributed by atoms with Crippen molar-refractivity contribution < 1.29 is 0 Å². The van der Waals surface area contributed by atoms with Crippen molar-refractivity contribution in [3.63, 3.8) is 0 Å². The molecule has 20 heavy (non-hydrogen) atoms. The van der Waals surface area contributed by atoms with Gasteiger partial charge in [0.25, 0.3) is 5.95 Å². The van der Waals surface area contributed by atoms with Crippen LogP contribution < -0.4 is 5.32 Å². The van der Waals surface area contributed by atoms with Gasteiger partial charge in [0.05, 0.1) is 0 Å². The third kappa shape index (κ3) is 2.60. The number of anilines is 1. The average molecular weight is 293 g/mol. The highest BCUT2D eigenvalue weighted by atomic mass is 35.5. The Labute approximate surface area is 122 Å². The lowest BCUT2D eigenvalue weighted by Crippen LogP contribution is -2.36. The molecule has 0 saturated heterocycles. The van der Waals surface area contributed by atoms with Crippen molar-refractivity contribution in [2.45, 2.75) is 32.6 Å². The van der Waals surface area contributed by atoms with E-state index < -0.39 is 0 Å². The highest BCUT2D eigenvalue weighted by Crippen LogP contribution is 2.43. The second-order valence-electron chi connectivity index (χ2n) is 5.24. The summed E-state index contributed by atoms with van der Waals surface area (Å²) < 4.78 is 1.57. The summed E-state index contributed by atoms with van der Waals surface area (Å²) in [7, 11) is 0. The van der Waals surface area contributed by atoms with E-state index in [0.717, 1.165) is 6.54 Å². The Morgan fingerprint density at radius 1 is 1.35 bits per heavy atom. The lowest BCUT2D eigenvalue weighted by molar-refractivity contribution is 0.144. The molecule has 2 heterocycles. The Morgan fingerprint density at radius 3 is 2.80 bits per heavy atom. The van der Waals surface area contributed by atoms with Gasteiger partial charge in [-0.15, -0.1) is 0 Å². The fraction of sp³-hybridized carbons (Fsp3) is 0.538. The molecule has 0 amide bonds. The minimum atomic E-state index is 0.173. The minimum absolute atomic E-state index is 0.173. The third-order valence-electron chi connectivity index (χ3n) is 4.09. The molecule has 0 aromatic carbocycles. The van der Waals surface area contributed by atoms with Crippen LogP contribution in [0.4, 0.5) is 5.95 Å². The second-order valence-corrected chi connectivity index (χ2v) is 5.58. The van der Waals surface area contributed by atoms with Gasteiger partial charge in [-0.2, -0.15) is 20.1 Å². The second kappa shape index (κ2) is 5.36. The maximum Gasteiger partial charge on any atom is 0.256 e. The Bertz CT molecular complexity index is 573. The van der Waals surface area contributed by atoms with Gasteiger partial charge in [0, 0.05) is 18.9 Å². The number of rotatable bonds is 5. The molecule has 0 bridgehead atoms. The van der Waals surface area contributed by atoms with Crippen LogP contribution in [-0.2, 0) is 0 Å². The van der Waals surface area contributed by atoms with Gasteiger partial charge in [-0.05, 0) is 42.3 Å². The SMILES string of the molecule is CCC1(CNc2nc(Cl)nc(-n3cccn3)n2)CCC1. The minimum Gasteiger partial charge on any atom is -0.353 e. The Kier molecular flexibility index (Phi) is 3.56. The molecule has 6 nitrogen and oxygen atoms in total. The molecule has 1 aliphatic carbocycles. The van der Waals surface area contributed by atoms with Crippen LogP contribution in [0.15, 0.2) is 18.5 Å². The third-order valence-corrected chi connectivity index (χ3v) is 4.26. The number of nitrogens with one attached hydrogen (secondary N) is 1. The van der Waals surface area contributed by atoms with E-state index in [-0.39, 0.29) is 5.28 Å². The van der Waals surface area contributed by atoms with Gasteiger partial charge in [0.15, 0.2) is 0 Å². The fourth-order valence-corrected chi connectivity index (χ4v) is 2.66. The van der Waals surface area contributed by atoms with Crippen LogP contribution in [0.1, 0.15) is 32.6 Å². The molecule has 0 radical (unpaired) electrons. The van der Waals surface area contributed by atoms with Crippen molar-refractivity contribution in [3.8, 4) is 5.95 Å². The van der Waals surface area contributed by atoms with Gasteiger partial charge in [-0.25, -0.2) is 4.68 Å². The van der Waals surface area contributed by atoms with Gasteiger partial charge >= 0.3 is 0 Å². The van der Waals surface area contributed by atoms with Crippen molar-refractivity contribution >= 4 is 17.5 Å². The van der Waals surface area contributed by atoms with E-state index in [4.69, 9.17) is 11.6 Å². The molecule has 106 valence electrons. The summed E-state index contributed by atoms with van der Waals surface area (Å²) in [6.07, 6.45) is 8.46. The van der Waals surface area contributed by atoms with Gasteiger partial charge in [-0.1, -0.05) is 13.3 Å². The van der Waals surface area contributed by atoms with Crippen molar-refractivity contribution in [1.82, 2.24) is 24.7 Å². The molecule has 2 aromatic rings. The molecular formula is C13H17ClN6. The number of hydrogen-bond acceptors (Lipinski definition) is 5. The molecule has 1 fully saturated rings. The van der Waals surface area contributed by atoms with E-state index in [9.17, 15) is 0 Å². The standard InChI is InChI=1S/C13H17ClN6/c1-2-13(5-3-6-13)9-15-11-17-10(14)18-12(19-11)20-8-4-7-16-20/h4,7-8H,2-3,5-6,9H2,1H3,(H,15,17,18,19). The highest BCUT2D eigenvalue weighted by Gasteiger charge is 2.34. The van der Waals surface area contributed by atoms with E-state index in [0.29, 0.717) is 17.3 Å². The first-order valence-electron chi connectivity index (χ1n) is 6.86. The Morgan fingerprint density at radius 2 is 2.20 bits per heavy atom. The van der Waals surface area contributed by atoms with E-state index in [1.807, 2.05) is 6.07 Å². The van der Waals surface area contributed by atoms with Crippen molar-refractivity contribution in [3.05, 3.63) is 23.7 Å². The predicted molar refractivity (Wildman–Crippen MR) is 77.0 cm³/mol. The molecule has 0 spiro atoms. The molecule has 1 saturated carbocycles. The zero-order valence-electron chi connectivity index (χ0n) is 11.4. The molecule has 0 unspecified atom stereocenters. The smallest absolute Gasteiger partial charge is 0.256 e. The molecule has 2 aromatic heterocycles. The van der Waals surface area contributed by atoms with Crippen molar-refractivity contribution in [2.24, 2.45) is 5.41 Å². The van der Waals surface area contributed by atoms with Gasteiger partial charge < -0.3 is 5.32 Å². The van der Waals surface area contributed by atoms with Gasteiger partial charge in [0.1, 0.15) is 0 Å². The monoisotopic (exact) mass is 292 g/mol. The van der Waals surface area contributed by atoms with Crippen LogP contribution in [0, 0.1) is 5.41 Å². The average Bonchev–Trinajstić information content (AvgIpc) is 2.91. The molecule has 1 N–H and O–H groups in total. The fourth-order valence-electron chi connectivity index (χ4n) is 2.51. The Balaban J connectivity index is 1.76. The van der Waals surface area contributed by atoms with Crippen LogP contribution in [-0.4, -0.2) is 31.3 Å². The van der Waals surface area contributed by atoms with E-state index >= 15 is 0 Å². The van der Waals surface area contributed by atoms with Crippen LogP contribution in [0.2, 0.25) is 5.28 Å². The summed E-state index contributed by atoms with van der Waals surface area (Å²) in [5.74, 6) is 0.937.